The summed E-state index contributed by atoms with van der Waals surface area (Å²) >= 11 is 5.77. The quantitative estimate of drug-likeness (QED) is 0.671. The summed E-state index contributed by atoms with van der Waals surface area (Å²) in [6, 6.07) is 6.04. The number of hydrogen-bond donors (Lipinski definition) is 0. The molecule has 13 heavy (non-hydrogen) atoms. The van der Waals surface area contributed by atoms with Crippen LogP contribution >= 0.6 is 24.0 Å². The minimum Gasteiger partial charge on any atom is -0.275 e. The second-order valence-electron chi connectivity index (χ2n) is 2.79. The molecule has 0 aliphatic carbocycles. The van der Waals surface area contributed by atoms with Gasteiger partial charge in [0.1, 0.15) is 0 Å². The monoisotopic (exact) mass is 216 g/mol. The highest BCUT2D eigenvalue weighted by atomic mass is 35.5. The average molecular weight is 217 g/mol. The van der Waals surface area contributed by atoms with Crippen molar-refractivity contribution >= 4 is 34.9 Å². The summed E-state index contributed by atoms with van der Waals surface area (Å²) < 4.78 is 1.81. The van der Waals surface area contributed by atoms with Gasteiger partial charge < -0.3 is 0 Å². The van der Waals surface area contributed by atoms with Crippen molar-refractivity contribution in [2.45, 2.75) is 5.88 Å². The van der Waals surface area contributed by atoms with Gasteiger partial charge in [0.25, 0.3) is 0 Å². The highest BCUT2D eigenvalue weighted by Crippen LogP contribution is 2.17. The molecule has 0 N–H and O–H groups in total. The standard InChI is InChI=1S/C9H9ClN2.ClH/c1-12-6-8-4-2-3-7(5-10)9(8)11-12;/h2-4,6H,5H2,1H3;1H. The molecule has 0 amide bonds. The average Bonchev–Trinajstić information content (AvgIpc) is 2.44. The molecule has 0 spiro atoms. The predicted octanol–water partition coefficient (Wildman–Crippen LogP) is 2.73. The van der Waals surface area contributed by atoms with Gasteiger partial charge in [0, 0.05) is 24.5 Å². The normalized spacial score (nSPS) is 10.0. The first-order valence-corrected chi connectivity index (χ1v) is 4.32. The number of alkyl halides is 1. The Hall–Kier alpha value is -0.730. The lowest BCUT2D eigenvalue weighted by Crippen LogP contribution is -1.86. The Kier molecular flexibility index (Phi) is 3.17. The molecule has 0 saturated heterocycles. The molecule has 4 heteroatoms. The Bertz CT molecular complexity index is 409. The lowest BCUT2D eigenvalue weighted by Gasteiger charge is -1.93. The van der Waals surface area contributed by atoms with E-state index in [9.17, 15) is 0 Å². The van der Waals surface area contributed by atoms with Gasteiger partial charge >= 0.3 is 0 Å². The topological polar surface area (TPSA) is 17.8 Å². The van der Waals surface area contributed by atoms with Crippen molar-refractivity contribution in [2.24, 2.45) is 7.05 Å². The fraction of sp³-hybridized carbons (Fsp3) is 0.222. The first kappa shape index (κ1) is 10.4. The molecule has 1 aromatic heterocycles. The van der Waals surface area contributed by atoms with E-state index < -0.39 is 0 Å². The Morgan fingerprint density at radius 1 is 1.46 bits per heavy atom. The van der Waals surface area contributed by atoms with Crippen molar-refractivity contribution < 1.29 is 0 Å². The number of hydrogen-bond acceptors (Lipinski definition) is 1. The smallest absolute Gasteiger partial charge is 0.0967 e. The molecule has 0 aliphatic rings. The number of rotatable bonds is 1. The molecule has 1 heterocycles. The van der Waals surface area contributed by atoms with Gasteiger partial charge in [0.2, 0.25) is 0 Å². The molecule has 70 valence electrons. The highest BCUT2D eigenvalue weighted by molar-refractivity contribution is 6.17. The van der Waals surface area contributed by atoms with E-state index in [1.54, 1.807) is 4.68 Å². The van der Waals surface area contributed by atoms with E-state index in [1.807, 2.05) is 31.4 Å². The molecule has 2 rings (SSSR count). The molecule has 0 radical (unpaired) electrons. The minimum absolute atomic E-state index is 0. The maximum absolute atomic E-state index is 5.77. The summed E-state index contributed by atoms with van der Waals surface area (Å²) in [7, 11) is 1.91. The summed E-state index contributed by atoms with van der Waals surface area (Å²) in [6.07, 6.45) is 1.99. The van der Waals surface area contributed by atoms with Crippen molar-refractivity contribution in [3.63, 3.8) is 0 Å². The minimum atomic E-state index is 0. The number of benzene rings is 1. The van der Waals surface area contributed by atoms with E-state index in [0.717, 1.165) is 16.5 Å². The van der Waals surface area contributed by atoms with Crippen LogP contribution in [0.25, 0.3) is 10.9 Å². The van der Waals surface area contributed by atoms with Gasteiger partial charge in [-0.2, -0.15) is 5.10 Å². The number of halogens is 2. The van der Waals surface area contributed by atoms with E-state index in [2.05, 4.69) is 5.10 Å². The van der Waals surface area contributed by atoms with Crippen molar-refractivity contribution in [3.05, 3.63) is 30.0 Å². The van der Waals surface area contributed by atoms with Crippen LogP contribution in [0.1, 0.15) is 5.56 Å². The molecule has 0 aliphatic heterocycles. The first-order chi connectivity index (χ1) is 5.81. The Labute approximate surface area is 87.9 Å². The van der Waals surface area contributed by atoms with Crippen LogP contribution in [0.2, 0.25) is 0 Å². The molecule has 0 atom stereocenters. The Balaban J connectivity index is 0.000000845. The SMILES string of the molecule is Cl.Cn1cc2cccc(CCl)c2n1. The van der Waals surface area contributed by atoms with Crippen LogP contribution in [0.3, 0.4) is 0 Å². The molecule has 0 bridgehead atoms. The van der Waals surface area contributed by atoms with E-state index in [4.69, 9.17) is 11.6 Å². The van der Waals surface area contributed by atoms with Gasteiger partial charge in [0.15, 0.2) is 0 Å². The van der Waals surface area contributed by atoms with Gasteiger partial charge in [-0.3, -0.25) is 4.68 Å². The van der Waals surface area contributed by atoms with Crippen LogP contribution < -0.4 is 0 Å². The van der Waals surface area contributed by atoms with E-state index in [-0.39, 0.29) is 12.4 Å². The summed E-state index contributed by atoms with van der Waals surface area (Å²) in [5.41, 5.74) is 2.10. The maximum atomic E-state index is 5.77. The summed E-state index contributed by atoms with van der Waals surface area (Å²) in [5.74, 6) is 0.522. The molecule has 0 saturated carbocycles. The molecular formula is C9H10Cl2N2. The van der Waals surface area contributed by atoms with Crippen molar-refractivity contribution in [1.82, 2.24) is 9.78 Å². The molecule has 0 unspecified atom stereocenters. The van der Waals surface area contributed by atoms with Crippen LogP contribution in [0.5, 0.6) is 0 Å². The zero-order valence-corrected chi connectivity index (χ0v) is 8.77. The number of aryl methyl sites for hydroxylation is 1. The van der Waals surface area contributed by atoms with Gasteiger partial charge in [0.05, 0.1) is 5.52 Å². The van der Waals surface area contributed by atoms with E-state index >= 15 is 0 Å². The van der Waals surface area contributed by atoms with Crippen LogP contribution in [0.15, 0.2) is 24.4 Å². The Morgan fingerprint density at radius 3 is 2.92 bits per heavy atom. The molecular weight excluding hydrogens is 207 g/mol. The zero-order valence-electron chi connectivity index (χ0n) is 7.20. The second-order valence-corrected chi connectivity index (χ2v) is 3.06. The predicted molar refractivity (Wildman–Crippen MR) is 57.5 cm³/mol. The van der Waals surface area contributed by atoms with Gasteiger partial charge in [-0.15, -0.1) is 24.0 Å². The fourth-order valence-electron chi connectivity index (χ4n) is 1.33. The summed E-state index contributed by atoms with van der Waals surface area (Å²) in [4.78, 5) is 0. The highest BCUT2D eigenvalue weighted by Gasteiger charge is 2.02. The fourth-order valence-corrected chi connectivity index (χ4v) is 1.55. The number of nitrogens with zero attached hydrogens (tertiary/aromatic N) is 2. The second kappa shape index (κ2) is 3.99. The van der Waals surface area contributed by atoms with Gasteiger partial charge in [-0.25, -0.2) is 0 Å². The lowest BCUT2D eigenvalue weighted by molar-refractivity contribution is 0.779. The number of fused-ring (bicyclic) bond motifs is 1. The van der Waals surface area contributed by atoms with Crippen LogP contribution in [0.4, 0.5) is 0 Å². The van der Waals surface area contributed by atoms with Crippen LogP contribution in [-0.4, -0.2) is 9.78 Å². The summed E-state index contributed by atoms with van der Waals surface area (Å²) in [6.45, 7) is 0. The molecule has 2 aromatic rings. The van der Waals surface area contributed by atoms with Crippen molar-refractivity contribution in [3.8, 4) is 0 Å². The van der Waals surface area contributed by atoms with Crippen molar-refractivity contribution in [1.29, 1.82) is 0 Å². The third-order valence-corrected chi connectivity index (χ3v) is 2.17. The molecule has 1 aromatic carbocycles. The van der Waals surface area contributed by atoms with Crippen LogP contribution in [-0.2, 0) is 12.9 Å². The molecule has 0 fully saturated rings. The van der Waals surface area contributed by atoms with Crippen molar-refractivity contribution in [2.75, 3.05) is 0 Å². The van der Waals surface area contributed by atoms with E-state index in [0.29, 0.717) is 5.88 Å². The zero-order chi connectivity index (χ0) is 8.55. The largest absolute Gasteiger partial charge is 0.275 e. The Morgan fingerprint density at radius 2 is 2.23 bits per heavy atom. The third-order valence-electron chi connectivity index (χ3n) is 1.88. The maximum Gasteiger partial charge on any atom is 0.0967 e. The summed E-state index contributed by atoms with van der Waals surface area (Å²) in [5, 5.41) is 5.46. The van der Waals surface area contributed by atoms with Gasteiger partial charge in [-0.1, -0.05) is 18.2 Å². The lowest BCUT2D eigenvalue weighted by atomic mass is 10.2. The van der Waals surface area contributed by atoms with Gasteiger partial charge in [-0.05, 0) is 5.56 Å². The molecule has 2 nitrogen and oxygen atoms in total. The third kappa shape index (κ3) is 1.79. The first-order valence-electron chi connectivity index (χ1n) is 3.78. The van der Waals surface area contributed by atoms with Crippen LogP contribution in [0, 0.1) is 0 Å². The number of aromatic nitrogens is 2. The van der Waals surface area contributed by atoms with E-state index in [1.165, 1.54) is 0 Å².